The third-order valence-electron chi connectivity index (χ3n) is 2.85. The number of benzene rings is 1. The predicted molar refractivity (Wildman–Crippen MR) is 84.5 cm³/mol. The van der Waals surface area contributed by atoms with Gasteiger partial charge in [0.15, 0.2) is 10.8 Å². The van der Waals surface area contributed by atoms with Crippen LogP contribution in [0.5, 0.6) is 0 Å². The quantitative estimate of drug-likeness (QED) is 0.763. The Labute approximate surface area is 134 Å². The highest BCUT2D eigenvalue weighted by molar-refractivity contribution is 7.16. The Balaban J connectivity index is 1.78. The maximum absolute atomic E-state index is 12.2. The number of hydrogen-bond acceptors (Lipinski definition) is 6. The summed E-state index contributed by atoms with van der Waals surface area (Å²) in [5, 5.41) is 12.1. The van der Waals surface area contributed by atoms with Crippen molar-refractivity contribution in [2.75, 3.05) is 5.32 Å². The van der Waals surface area contributed by atoms with E-state index in [1.54, 1.807) is 30.6 Å². The second-order valence-corrected chi connectivity index (χ2v) is 5.47. The molecule has 1 aromatic carbocycles. The number of amides is 1. The average molecular weight is 326 g/mol. The van der Waals surface area contributed by atoms with Crippen molar-refractivity contribution in [3.8, 4) is 10.8 Å². The van der Waals surface area contributed by atoms with Crippen molar-refractivity contribution in [3.63, 3.8) is 0 Å². The van der Waals surface area contributed by atoms with Gasteiger partial charge in [0.25, 0.3) is 5.91 Å². The minimum atomic E-state index is -1.05. The van der Waals surface area contributed by atoms with Gasteiger partial charge in [-0.2, -0.15) is 0 Å². The van der Waals surface area contributed by atoms with Gasteiger partial charge in [0.2, 0.25) is 0 Å². The molecule has 0 aliphatic carbocycles. The third kappa shape index (κ3) is 3.38. The highest BCUT2D eigenvalue weighted by atomic mass is 32.1. The summed E-state index contributed by atoms with van der Waals surface area (Å²) in [6.07, 6.45) is 4.63. The number of hydrogen-bond donors (Lipinski definition) is 2. The zero-order chi connectivity index (χ0) is 16.2. The molecule has 2 heterocycles. The van der Waals surface area contributed by atoms with Crippen LogP contribution in [0.2, 0.25) is 0 Å². The Hall–Kier alpha value is -3.13. The van der Waals surface area contributed by atoms with Gasteiger partial charge in [0.05, 0.1) is 11.8 Å². The van der Waals surface area contributed by atoms with E-state index in [-0.39, 0.29) is 11.5 Å². The first kappa shape index (κ1) is 14.8. The van der Waals surface area contributed by atoms with Crippen molar-refractivity contribution in [3.05, 3.63) is 59.4 Å². The molecule has 0 aliphatic rings. The molecule has 0 atom stereocenters. The first-order valence-corrected chi connectivity index (χ1v) is 7.33. The van der Waals surface area contributed by atoms with Crippen molar-refractivity contribution in [1.29, 1.82) is 0 Å². The van der Waals surface area contributed by atoms with Gasteiger partial charge in [-0.1, -0.05) is 6.07 Å². The summed E-state index contributed by atoms with van der Waals surface area (Å²) in [7, 11) is 0. The number of rotatable bonds is 4. The van der Waals surface area contributed by atoms with Crippen molar-refractivity contribution < 1.29 is 14.7 Å². The maximum atomic E-state index is 12.2. The molecule has 0 saturated carbocycles. The molecule has 0 bridgehead atoms. The average Bonchev–Trinajstić information content (AvgIpc) is 3.06. The molecule has 0 unspecified atom stereocenters. The van der Waals surface area contributed by atoms with Gasteiger partial charge in [-0.3, -0.25) is 4.79 Å². The number of carbonyl (C=O) groups is 2. The van der Waals surface area contributed by atoms with Crippen molar-refractivity contribution in [2.45, 2.75) is 0 Å². The standard InChI is InChI=1S/C15H10N4O3S/c20-13(19-10-4-1-3-9(7-10)15(21)22)11-8-18-14(23-11)12-16-5-2-6-17-12/h1-8H,(H,19,20)(H,21,22). The van der Waals surface area contributed by atoms with Crippen LogP contribution in [-0.4, -0.2) is 31.9 Å². The summed E-state index contributed by atoms with van der Waals surface area (Å²) in [4.78, 5) is 35.8. The van der Waals surface area contributed by atoms with Crippen LogP contribution in [0.1, 0.15) is 20.0 Å². The van der Waals surface area contributed by atoms with Crippen molar-refractivity contribution in [1.82, 2.24) is 15.0 Å². The van der Waals surface area contributed by atoms with E-state index in [9.17, 15) is 9.59 Å². The molecule has 8 heteroatoms. The van der Waals surface area contributed by atoms with Crippen LogP contribution in [0.3, 0.4) is 0 Å². The Morgan fingerprint density at radius 1 is 1.09 bits per heavy atom. The zero-order valence-electron chi connectivity index (χ0n) is 11.6. The molecule has 0 aliphatic heterocycles. The van der Waals surface area contributed by atoms with E-state index in [1.165, 1.54) is 18.3 Å². The van der Waals surface area contributed by atoms with Gasteiger partial charge in [0, 0.05) is 18.1 Å². The number of carboxylic acids is 1. The molecule has 2 N–H and O–H groups in total. The van der Waals surface area contributed by atoms with E-state index in [1.807, 2.05) is 0 Å². The number of carbonyl (C=O) groups excluding carboxylic acids is 1. The van der Waals surface area contributed by atoms with Gasteiger partial charge in [-0.05, 0) is 24.3 Å². The number of nitrogens with one attached hydrogen (secondary N) is 1. The number of carboxylic acid groups (broad SMARTS) is 1. The second kappa shape index (κ2) is 6.32. The van der Waals surface area contributed by atoms with E-state index < -0.39 is 5.97 Å². The molecular formula is C15H10N4O3S. The minimum Gasteiger partial charge on any atom is -0.478 e. The van der Waals surface area contributed by atoms with E-state index in [0.29, 0.717) is 21.4 Å². The molecule has 23 heavy (non-hydrogen) atoms. The zero-order valence-corrected chi connectivity index (χ0v) is 12.4. The molecule has 7 nitrogen and oxygen atoms in total. The van der Waals surface area contributed by atoms with Crippen LogP contribution < -0.4 is 5.32 Å². The van der Waals surface area contributed by atoms with Crippen molar-refractivity contribution in [2.24, 2.45) is 0 Å². The third-order valence-corrected chi connectivity index (χ3v) is 3.85. The molecule has 3 aromatic rings. The lowest BCUT2D eigenvalue weighted by atomic mass is 10.2. The van der Waals surface area contributed by atoms with Gasteiger partial charge in [-0.25, -0.2) is 19.7 Å². The SMILES string of the molecule is O=C(O)c1cccc(NC(=O)c2cnc(-c3ncccn3)s2)c1. The smallest absolute Gasteiger partial charge is 0.335 e. The summed E-state index contributed by atoms with van der Waals surface area (Å²) in [6, 6.07) is 7.72. The van der Waals surface area contributed by atoms with Gasteiger partial charge in [-0.15, -0.1) is 11.3 Å². The van der Waals surface area contributed by atoms with E-state index >= 15 is 0 Å². The van der Waals surface area contributed by atoms with E-state index in [0.717, 1.165) is 11.3 Å². The molecule has 3 rings (SSSR count). The number of thiazole rings is 1. The van der Waals surface area contributed by atoms with E-state index in [2.05, 4.69) is 20.3 Å². The number of aromatic nitrogens is 3. The molecule has 1 amide bonds. The summed E-state index contributed by atoms with van der Waals surface area (Å²) >= 11 is 1.16. The monoisotopic (exact) mass is 326 g/mol. The molecular weight excluding hydrogens is 316 g/mol. The summed E-state index contributed by atoms with van der Waals surface area (Å²) in [5.41, 5.74) is 0.506. The van der Waals surface area contributed by atoms with Crippen LogP contribution in [0, 0.1) is 0 Å². The lowest BCUT2D eigenvalue weighted by Crippen LogP contribution is -2.10. The Morgan fingerprint density at radius 3 is 2.61 bits per heavy atom. The van der Waals surface area contributed by atoms with Crippen LogP contribution in [0.4, 0.5) is 5.69 Å². The Morgan fingerprint density at radius 2 is 1.87 bits per heavy atom. The van der Waals surface area contributed by atoms with Crippen LogP contribution in [0.15, 0.2) is 48.9 Å². The number of aromatic carboxylic acids is 1. The summed E-state index contributed by atoms with van der Waals surface area (Å²) in [5.74, 6) is -0.973. The first-order valence-electron chi connectivity index (χ1n) is 6.51. The largest absolute Gasteiger partial charge is 0.478 e. The Kier molecular flexibility index (Phi) is 4.07. The fraction of sp³-hybridized carbons (Fsp3) is 0. The molecule has 0 fully saturated rings. The lowest BCUT2D eigenvalue weighted by Gasteiger charge is -2.04. The summed E-state index contributed by atoms with van der Waals surface area (Å²) in [6.45, 7) is 0. The fourth-order valence-corrected chi connectivity index (χ4v) is 2.57. The van der Waals surface area contributed by atoms with Gasteiger partial charge in [0.1, 0.15) is 4.88 Å². The van der Waals surface area contributed by atoms with Crippen LogP contribution in [-0.2, 0) is 0 Å². The van der Waals surface area contributed by atoms with Crippen molar-refractivity contribution >= 4 is 28.9 Å². The predicted octanol–water partition coefficient (Wildman–Crippen LogP) is 2.55. The van der Waals surface area contributed by atoms with Crippen LogP contribution >= 0.6 is 11.3 Å². The highest BCUT2D eigenvalue weighted by Gasteiger charge is 2.14. The Bertz CT molecular complexity index is 864. The number of anilines is 1. The van der Waals surface area contributed by atoms with E-state index in [4.69, 9.17) is 5.11 Å². The highest BCUT2D eigenvalue weighted by Crippen LogP contribution is 2.22. The fourth-order valence-electron chi connectivity index (χ4n) is 1.81. The molecule has 114 valence electrons. The summed E-state index contributed by atoms with van der Waals surface area (Å²) < 4.78 is 0. The molecule has 0 saturated heterocycles. The van der Waals surface area contributed by atoms with Gasteiger partial charge < -0.3 is 10.4 Å². The topological polar surface area (TPSA) is 105 Å². The molecule has 2 aromatic heterocycles. The van der Waals surface area contributed by atoms with Crippen LogP contribution in [0.25, 0.3) is 10.8 Å². The maximum Gasteiger partial charge on any atom is 0.335 e. The normalized spacial score (nSPS) is 10.3. The lowest BCUT2D eigenvalue weighted by molar-refractivity contribution is 0.0696. The number of nitrogens with zero attached hydrogens (tertiary/aromatic N) is 3. The molecule has 0 spiro atoms. The minimum absolute atomic E-state index is 0.102. The van der Waals surface area contributed by atoms with Gasteiger partial charge >= 0.3 is 5.97 Å². The molecule has 0 radical (unpaired) electrons. The second-order valence-electron chi connectivity index (χ2n) is 4.44. The first-order chi connectivity index (χ1) is 11.1.